The number of hydrogen-bond acceptors (Lipinski definition) is 5. The van der Waals surface area contributed by atoms with Gasteiger partial charge in [-0.1, -0.05) is 0 Å². The lowest BCUT2D eigenvalue weighted by Crippen LogP contribution is -2.43. The molecule has 1 aliphatic rings. The van der Waals surface area contributed by atoms with Crippen molar-refractivity contribution in [2.24, 2.45) is 0 Å². The molecule has 6 nitrogen and oxygen atoms in total. The third-order valence-corrected chi connectivity index (χ3v) is 4.21. The highest BCUT2D eigenvalue weighted by atomic mass is 16.5. The number of carbonyl (C=O) groups is 1. The van der Waals surface area contributed by atoms with E-state index >= 15 is 0 Å². The van der Waals surface area contributed by atoms with Gasteiger partial charge in [0, 0.05) is 31.5 Å². The second-order valence-corrected chi connectivity index (χ2v) is 6.01. The average Bonchev–Trinajstić information content (AvgIpc) is 3.02. The maximum absolute atomic E-state index is 12.4. The van der Waals surface area contributed by atoms with Gasteiger partial charge in [0.05, 0.1) is 24.8 Å². The second kappa shape index (κ2) is 7.59. The molecule has 1 aliphatic heterocycles. The highest BCUT2D eigenvalue weighted by molar-refractivity contribution is 5.93. The fourth-order valence-corrected chi connectivity index (χ4v) is 2.82. The standard InChI is InChI=1S/C18H23N3O3/c1-13-3-5-15(11-19-13)18(22)20-12-16(17-6-4-14(2)24-17)21-7-9-23-10-8-21/h3-6,11,16H,7-10,12H2,1-2H3,(H,20,22). The van der Waals surface area contributed by atoms with Crippen LogP contribution in [-0.2, 0) is 4.74 Å². The lowest BCUT2D eigenvalue weighted by atomic mass is 10.1. The zero-order valence-electron chi connectivity index (χ0n) is 14.1. The van der Waals surface area contributed by atoms with E-state index < -0.39 is 0 Å². The smallest absolute Gasteiger partial charge is 0.252 e. The second-order valence-electron chi connectivity index (χ2n) is 6.01. The van der Waals surface area contributed by atoms with Crippen LogP contribution < -0.4 is 5.32 Å². The molecule has 1 atom stereocenters. The summed E-state index contributed by atoms with van der Waals surface area (Å²) in [5.41, 5.74) is 1.46. The molecular weight excluding hydrogens is 306 g/mol. The first-order valence-electron chi connectivity index (χ1n) is 8.22. The van der Waals surface area contributed by atoms with E-state index in [1.807, 2.05) is 32.0 Å². The molecule has 0 aromatic carbocycles. The predicted octanol–water partition coefficient (Wildman–Crippen LogP) is 2.09. The van der Waals surface area contributed by atoms with E-state index in [0.717, 1.165) is 30.3 Å². The predicted molar refractivity (Wildman–Crippen MR) is 89.9 cm³/mol. The molecule has 6 heteroatoms. The molecule has 24 heavy (non-hydrogen) atoms. The molecule has 0 spiro atoms. The monoisotopic (exact) mass is 329 g/mol. The first-order chi connectivity index (χ1) is 11.6. The van der Waals surface area contributed by atoms with Gasteiger partial charge < -0.3 is 14.5 Å². The van der Waals surface area contributed by atoms with Crippen molar-refractivity contribution in [1.82, 2.24) is 15.2 Å². The van der Waals surface area contributed by atoms with Gasteiger partial charge in [-0.15, -0.1) is 0 Å². The molecule has 2 aromatic rings. The Labute approximate surface area is 141 Å². The Morgan fingerprint density at radius 2 is 2.04 bits per heavy atom. The number of ether oxygens (including phenoxy) is 1. The number of nitrogens with zero attached hydrogens (tertiary/aromatic N) is 2. The van der Waals surface area contributed by atoms with Gasteiger partial charge in [0.1, 0.15) is 11.5 Å². The topological polar surface area (TPSA) is 67.6 Å². The van der Waals surface area contributed by atoms with E-state index in [1.165, 1.54) is 0 Å². The zero-order chi connectivity index (χ0) is 16.9. The van der Waals surface area contributed by atoms with E-state index in [1.54, 1.807) is 12.3 Å². The number of hydrogen-bond donors (Lipinski definition) is 1. The van der Waals surface area contributed by atoms with Gasteiger partial charge in [-0.05, 0) is 38.1 Å². The number of pyridine rings is 1. The number of aromatic nitrogens is 1. The Bertz CT molecular complexity index is 675. The summed E-state index contributed by atoms with van der Waals surface area (Å²) in [4.78, 5) is 18.8. The number of carbonyl (C=O) groups excluding carboxylic acids is 1. The van der Waals surface area contributed by atoms with Crippen LogP contribution in [0.5, 0.6) is 0 Å². The van der Waals surface area contributed by atoms with Crippen LogP contribution in [-0.4, -0.2) is 48.6 Å². The van der Waals surface area contributed by atoms with Crippen molar-refractivity contribution < 1.29 is 13.9 Å². The number of rotatable bonds is 5. The summed E-state index contributed by atoms with van der Waals surface area (Å²) in [7, 11) is 0. The van der Waals surface area contributed by atoms with Crippen molar-refractivity contribution in [3.05, 3.63) is 53.2 Å². The molecule has 2 aromatic heterocycles. The van der Waals surface area contributed by atoms with Crippen molar-refractivity contribution in [1.29, 1.82) is 0 Å². The van der Waals surface area contributed by atoms with Gasteiger partial charge in [0.15, 0.2) is 0 Å². The van der Waals surface area contributed by atoms with Gasteiger partial charge in [-0.2, -0.15) is 0 Å². The number of amides is 1. The third kappa shape index (κ3) is 4.01. The summed E-state index contributed by atoms with van der Waals surface area (Å²) >= 11 is 0. The van der Waals surface area contributed by atoms with Crippen LogP contribution >= 0.6 is 0 Å². The fraction of sp³-hybridized carbons (Fsp3) is 0.444. The Hall–Kier alpha value is -2.18. The summed E-state index contributed by atoms with van der Waals surface area (Å²) in [6, 6.07) is 7.57. The van der Waals surface area contributed by atoms with Crippen molar-refractivity contribution >= 4 is 5.91 Å². The van der Waals surface area contributed by atoms with Crippen molar-refractivity contribution in [3.8, 4) is 0 Å². The minimum absolute atomic E-state index is 0.00459. The maximum atomic E-state index is 12.4. The number of aryl methyl sites for hydroxylation is 2. The quantitative estimate of drug-likeness (QED) is 0.910. The minimum Gasteiger partial charge on any atom is -0.465 e. The van der Waals surface area contributed by atoms with Gasteiger partial charge in [-0.25, -0.2) is 0 Å². The molecule has 3 rings (SSSR count). The molecule has 0 bridgehead atoms. The van der Waals surface area contributed by atoms with Gasteiger partial charge in [-0.3, -0.25) is 14.7 Å². The summed E-state index contributed by atoms with van der Waals surface area (Å²) in [6.07, 6.45) is 1.60. The van der Waals surface area contributed by atoms with Crippen LogP contribution in [0, 0.1) is 13.8 Å². The van der Waals surface area contributed by atoms with Crippen LogP contribution in [0.1, 0.15) is 33.6 Å². The lowest BCUT2D eigenvalue weighted by Gasteiger charge is -2.33. The molecule has 1 unspecified atom stereocenters. The van der Waals surface area contributed by atoms with E-state index in [2.05, 4.69) is 15.2 Å². The molecule has 3 heterocycles. The summed E-state index contributed by atoms with van der Waals surface area (Å²) in [6.45, 7) is 7.36. The molecule has 1 amide bonds. The summed E-state index contributed by atoms with van der Waals surface area (Å²) in [5, 5.41) is 3.00. The molecule has 1 fully saturated rings. The van der Waals surface area contributed by atoms with E-state index in [9.17, 15) is 4.79 Å². The summed E-state index contributed by atoms with van der Waals surface area (Å²) < 4.78 is 11.2. The van der Waals surface area contributed by atoms with Crippen LogP contribution in [0.25, 0.3) is 0 Å². The largest absolute Gasteiger partial charge is 0.465 e. The Morgan fingerprint density at radius 1 is 1.25 bits per heavy atom. The van der Waals surface area contributed by atoms with E-state index in [0.29, 0.717) is 25.3 Å². The molecule has 1 saturated heterocycles. The Morgan fingerprint density at radius 3 is 2.67 bits per heavy atom. The zero-order valence-corrected chi connectivity index (χ0v) is 14.1. The van der Waals surface area contributed by atoms with Crippen molar-refractivity contribution in [3.63, 3.8) is 0 Å². The normalized spacial score (nSPS) is 16.8. The third-order valence-electron chi connectivity index (χ3n) is 4.21. The highest BCUT2D eigenvalue weighted by Gasteiger charge is 2.25. The molecular formula is C18H23N3O3. The Balaban J connectivity index is 1.69. The fourth-order valence-electron chi connectivity index (χ4n) is 2.82. The van der Waals surface area contributed by atoms with Crippen LogP contribution in [0.15, 0.2) is 34.9 Å². The first kappa shape index (κ1) is 16.7. The molecule has 0 saturated carbocycles. The number of furan rings is 1. The van der Waals surface area contributed by atoms with Crippen LogP contribution in [0.3, 0.4) is 0 Å². The molecule has 0 aliphatic carbocycles. The SMILES string of the molecule is Cc1ccc(C(=O)NCC(c2ccc(C)o2)N2CCOCC2)cn1. The average molecular weight is 329 g/mol. The van der Waals surface area contributed by atoms with Crippen molar-refractivity contribution in [2.45, 2.75) is 19.9 Å². The molecule has 128 valence electrons. The maximum Gasteiger partial charge on any atom is 0.252 e. The van der Waals surface area contributed by atoms with E-state index in [-0.39, 0.29) is 11.9 Å². The van der Waals surface area contributed by atoms with E-state index in [4.69, 9.17) is 9.15 Å². The van der Waals surface area contributed by atoms with Crippen LogP contribution in [0.4, 0.5) is 0 Å². The first-order valence-corrected chi connectivity index (χ1v) is 8.22. The van der Waals surface area contributed by atoms with Gasteiger partial charge >= 0.3 is 0 Å². The molecule has 1 N–H and O–H groups in total. The minimum atomic E-state index is -0.121. The number of morpholine rings is 1. The lowest BCUT2D eigenvalue weighted by molar-refractivity contribution is 0.0117. The van der Waals surface area contributed by atoms with Crippen LogP contribution in [0.2, 0.25) is 0 Å². The molecule has 0 radical (unpaired) electrons. The van der Waals surface area contributed by atoms with Crippen molar-refractivity contribution in [2.75, 3.05) is 32.8 Å². The number of nitrogens with one attached hydrogen (secondary N) is 1. The highest BCUT2D eigenvalue weighted by Crippen LogP contribution is 2.23. The Kier molecular flexibility index (Phi) is 5.27. The van der Waals surface area contributed by atoms with Gasteiger partial charge in [0.2, 0.25) is 0 Å². The summed E-state index contributed by atoms with van der Waals surface area (Å²) in [5.74, 6) is 1.62. The van der Waals surface area contributed by atoms with Gasteiger partial charge in [0.25, 0.3) is 5.91 Å².